The fraction of sp³-hybridized carbons (Fsp3) is 0.250. The Balaban J connectivity index is 1.85. The fourth-order valence-electron chi connectivity index (χ4n) is 1.35. The van der Waals surface area contributed by atoms with E-state index in [-0.39, 0.29) is 5.44 Å². The number of benzene rings is 1. The highest BCUT2D eigenvalue weighted by atomic mass is 79.9. The third kappa shape index (κ3) is 3.96. The molecule has 1 N–H and O–H groups in total. The molecule has 1 heterocycles. The van der Waals surface area contributed by atoms with Gasteiger partial charge in [0.05, 0.1) is 5.75 Å². The third-order valence-corrected chi connectivity index (χ3v) is 3.64. The van der Waals surface area contributed by atoms with Crippen LogP contribution < -0.4 is 10.5 Å². The van der Waals surface area contributed by atoms with Crippen LogP contribution in [0.4, 0.5) is 0 Å². The molecule has 2 aromatic rings. The lowest BCUT2D eigenvalue weighted by atomic mass is 10.3. The number of aromatic nitrogens is 1. The van der Waals surface area contributed by atoms with Crippen LogP contribution in [0.15, 0.2) is 44.1 Å². The standard InChI is InChI=1S/C12H12BrNO3S/c1-8(16-10-4-2-3-9(13)5-10)18-7-11-6-14-12(15)17-11/h2-6,8H,7H2,1H3,(H,14,15). The van der Waals surface area contributed by atoms with Crippen molar-refractivity contribution in [1.82, 2.24) is 4.98 Å². The Labute approximate surface area is 117 Å². The molecule has 4 nitrogen and oxygen atoms in total. The van der Waals surface area contributed by atoms with Crippen molar-refractivity contribution >= 4 is 27.7 Å². The molecule has 6 heteroatoms. The van der Waals surface area contributed by atoms with Crippen LogP contribution >= 0.6 is 27.7 Å². The summed E-state index contributed by atoms with van der Waals surface area (Å²) in [5.41, 5.74) is -0.0282. The maximum atomic E-state index is 10.8. The lowest BCUT2D eigenvalue weighted by Crippen LogP contribution is -2.07. The van der Waals surface area contributed by atoms with Gasteiger partial charge >= 0.3 is 5.76 Å². The Morgan fingerprint density at radius 3 is 3.06 bits per heavy atom. The van der Waals surface area contributed by atoms with Gasteiger partial charge < -0.3 is 9.15 Å². The summed E-state index contributed by atoms with van der Waals surface area (Å²) in [4.78, 5) is 13.3. The van der Waals surface area contributed by atoms with Crippen LogP contribution in [0, 0.1) is 0 Å². The molecule has 1 aromatic heterocycles. The number of aromatic amines is 1. The Morgan fingerprint density at radius 2 is 2.39 bits per heavy atom. The van der Waals surface area contributed by atoms with E-state index < -0.39 is 5.76 Å². The SMILES string of the molecule is CC(Oc1cccc(Br)c1)SCc1c[nH]c(=O)o1. The Morgan fingerprint density at radius 1 is 1.56 bits per heavy atom. The molecule has 1 atom stereocenters. The predicted octanol–water partition coefficient (Wildman–Crippen LogP) is 3.39. The first-order chi connectivity index (χ1) is 8.63. The van der Waals surface area contributed by atoms with Crippen LogP contribution in [-0.4, -0.2) is 10.4 Å². The molecule has 0 radical (unpaired) electrons. The summed E-state index contributed by atoms with van der Waals surface area (Å²) in [6.45, 7) is 1.95. The second-order valence-electron chi connectivity index (χ2n) is 3.60. The molecule has 0 aliphatic rings. The molecule has 0 aliphatic carbocycles. The van der Waals surface area contributed by atoms with Crippen molar-refractivity contribution in [3.05, 3.63) is 51.2 Å². The number of H-pyrrole nitrogens is 1. The van der Waals surface area contributed by atoms with Gasteiger partial charge in [0.2, 0.25) is 0 Å². The normalized spacial score (nSPS) is 12.3. The summed E-state index contributed by atoms with van der Waals surface area (Å²) in [5, 5.41) is 0. The molecule has 0 spiro atoms. The zero-order chi connectivity index (χ0) is 13.0. The molecular formula is C12H12BrNO3S. The van der Waals surface area contributed by atoms with E-state index in [4.69, 9.17) is 9.15 Å². The molecular weight excluding hydrogens is 318 g/mol. The highest BCUT2D eigenvalue weighted by Gasteiger charge is 2.07. The monoisotopic (exact) mass is 329 g/mol. The Bertz CT molecular complexity index is 566. The molecule has 0 saturated carbocycles. The summed E-state index contributed by atoms with van der Waals surface area (Å²) in [5.74, 6) is 1.59. The number of hydrogen-bond donors (Lipinski definition) is 1. The minimum Gasteiger partial charge on any atom is -0.480 e. The molecule has 18 heavy (non-hydrogen) atoms. The van der Waals surface area contributed by atoms with Gasteiger partial charge in [-0.15, -0.1) is 11.8 Å². The largest absolute Gasteiger partial charge is 0.480 e. The summed E-state index contributed by atoms with van der Waals surface area (Å²) >= 11 is 4.94. The number of hydrogen-bond acceptors (Lipinski definition) is 4. The van der Waals surface area contributed by atoms with Crippen molar-refractivity contribution in [2.75, 3.05) is 0 Å². The van der Waals surface area contributed by atoms with Gasteiger partial charge in [-0.3, -0.25) is 4.98 Å². The number of halogens is 1. The smallest absolute Gasteiger partial charge is 0.416 e. The average Bonchev–Trinajstić information content (AvgIpc) is 2.73. The van der Waals surface area contributed by atoms with Crippen LogP contribution in [0.3, 0.4) is 0 Å². The van der Waals surface area contributed by atoms with Crippen molar-refractivity contribution < 1.29 is 9.15 Å². The van der Waals surface area contributed by atoms with E-state index in [1.165, 1.54) is 0 Å². The second kappa shape index (κ2) is 6.15. The Hall–Kier alpha value is -1.14. The number of rotatable bonds is 5. The molecule has 0 fully saturated rings. The zero-order valence-corrected chi connectivity index (χ0v) is 12.1. The van der Waals surface area contributed by atoms with E-state index in [1.54, 1.807) is 18.0 Å². The number of nitrogens with one attached hydrogen (secondary N) is 1. The van der Waals surface area contributed by atoms with E-state index in [2.05, 4.69) is 20.9 Å². The second-order valence-corrected chi connectivity index (χ2v) is 5.80. The summed E-state index contributed by atoms with van der Waals surface area (Å²) in [6, 6.07) is 7.67. The van der Waals surface area contributed by atoms with E-state index in [9.17, 15) is 4.79 Å². The van der Waals surface area contributed by atoms with Crippen LogP contribution in [-0.2, 0) is 5.75 Å². The first-order valence-electron chi connectivity index (χ1n) is 5.35. The van der Waals surface area contributed by atoms with Crippen LogP contribution in [0.5, 0.6) is 5.75 Å². The minimum atomic E-state index is -0.425. The zero-order valence-electron chi connectivity index (χ0n) is 9.68. The van der Waals surface area contributed by atoms with Crippen molar-refractivity contribution in [2.24, 2.45) is 0 Å². The van der Waals surface area contributed by atoms with Gasteiger partial charge in [-0.05, 0) is 25.1 Å². The van der Waals surface area contributed by atoms with E-state index >= 15 is 0 Å². The van der Waals surface area contributed by atoms with Crippen molar-refractivity contribution in [2.45, 2.75) is 18.1 Å². The number of thioether (sulfide) groups is 1. The lowest BCUT2D eigenvalue weighted by Gasteiger charge is -2.13. The van der Waals surface area contributed by atoms with Crippen LogP contribution in [0.2, 0.25) is 0 Å². The van der Waals surface area contributed by atoms with Gasteiger partial charge in [0.25, 0.3) is 0 Å². The first-order valence-corrected chi connectivity index (χ1v) is 7.19. The van der Waals surface area contributed by atoms with Crippen LogP contribution in [0.1, 0.15) is 12.7 Å². The van der Waals surface area contributed by atoms with E-state index in [0.717, 1.165) is 10.2 Å². The highest BCUT2D eigenvalue weighted by Crippen LogP contribution is 2.23. The molecule has 0 aliphatic heterocycles. The predicted molar refractivity (Wildman–Crippen MR) is 74.9 cm³/mol. The highest BCUT2D eigenvalue weighted by molar-refractivity contribution is 9.10. The summed E-state index contributed by atoms with van der Waals surface area (Å²) in [7, 11) is 0. The molecule has 0 amide bonds. The molecule has 2 rings (SSSR count). The van der Waals surface area contributed by atoms with Gasteiger partial charge in [0.1, 0.15) is 16.9 Å². The van der Waals surface area contributed by atoms with Gasteiger partial charge in [-0.1, -0.05) is 22.0 Å². The van der Waals surface area contributed by atoms with E-state index in [0.29, 0.717) is 11.5 Å². The molecule has 0 saturated heterocycles. The van der Waals surface area contributed by atoms with E-state index in [1.807, 2.05) is 31.2 Å². The third-order valence-electron chi connectivity index (χ3n) is 2.13. The van der Waals surface area contributed by atoms with Gasteiger partial charge in [-0.25, -0.2) is 4.79 Å². The summed E-state index contributed by atoms with van der Waals surface area (Å²) in [6.07, 6.45) is 1.57. The summed E-state index contributed by atoms with van der Waals surface area (Å²) < 4.78 is 11.6. The first kappa shape index (κ1) is 13.3. The van der Waals surface area contributed by atoms with Crippen molar-refractivity contribution in [3.63, 3.8) is 0 Å². The number of ether oxygens (including phenoxy) is 1. The number of oxazole rings is 1. The van der Waals surface area contributed by atoms with Gasteiger partial charge in [0, 0.05) is 10.7 Å². The van der Waals surface area contributed by atoms with Crippen molar-refractivity contribution in [3.8, 4) is 5.75 Å². The molecule has 96 valence electrons. The van der Waals surface area contributed by atoms with Gasteiger partial charge in [0.15, 0.2) is 0 Å². The van der Waals surface area contributed by atoms with Crippen LogP contribution in [0.25, 0.3) is 0 Å². The topological polar surface area (TPSA) is 55.2 Å². The van der Waals surface area contributed by atoms with Gasteiger partial charge in [-0.2, -0.15) is 0 Å². The lowest BCUT2D eigenvalue weighted by molar-refractivity contribution is 0.307. The molecule has 1 aromatic carbocycles. The Kier molecular flexibility index (Phi) is 4.54. The minimum absolute atomic E-state index is 0.0282. The van der Waals surface area contributed by atoms with Crippen molar-refractivity contribution in [1.29, 1.82) is 0 Å². The molecule has 1 unspecified atom stereocenters. The fourth-order valence-corrected chi connectivity index (χ4v) is 2.45. The average molecular weight is 330 g/mol. The molecule has 0 bridgehead atoms. The maximum absolute atomic E-state index is 10.8. The maximum Gasteiger partial charge on any atom is 0.416 e. The quantitative estimate of drug-likeness (QED) is 0.854.